The summed E-state index contributed by atoms with van der Waals surface area (Å²) in [4.78, 5) is 16.0. The number of rotatable bonds is 3. The van der Waals surface area contributed by atoms with E-state index in [0.29, 0.717) is 5.69 Å². The maximum Gasteiger partial charge on any atom is 0.169 e. The topological polar surface area (TPSA) is 30.0 Å². The first kappa shape index (κ1) is 11.0. The quantitative estimate of drug-likeness (QED) is 0.757. The molecule has 0 aliphatic rings. The molecule has 0 aliphatic carbocycles. The monoisotopic (exact) mass is 231 g/mol. The molecule has 0 aliphatic heterocycles. The number of thiazole rings is 1. The smallest absolute Gasteiger partial charge is 0.169 e. The molecule has 1 aromatic carbocycles. The summed E-state index contributed by atoms with van der Waals surface area (Å²) in [7, 11) is 0. The minimum atomic E-state index is 0.555. The molecule has 0 saturated carbocycles. The van der Waals surface area contributed by atoms with Crippen LogP contribution in [0.5, 0.6) is 0 Å². The molecule has 3 heteroatoms. The normalized spacial score (nSPS) is 10.4. The van der Waals surface area contributed by atoms with Gasteiger partial charge in [-0.25, -0.2) is 4.98 Å². The van der Waals surface area contributed by atoms with E-state index in [1.54, 1.807) is 11.3 Å². The maximum atomic E-state index is 10.7. The summed E-state index contributed by atoms with van der Waals surface area (Å²) in [5.41, 5.74) is 2.95. The second-order valence-corrected chi connectivity index (χ2v) is 4.83. The number of aromatic nitrogens is 1. The fourth-order valence-electron chi connectivity index (χ4n) is 1.52. The first-order chi connectivity index (χ1) is 7.74. The standard InChI is InChI=1S/C13H13NOS/c1-3-10-4-6-11(7-5-10)13-14-12(8-15)9(2)16-13/h4-8H,3H2,1-2H3. The second kappa shape index (κ2) is 4.58. The van der Waals surface area contributed by atoms with Gasteiger partial charge in [-0.2, -0.15) is 0 Å². The molecule has 1 heterocycles. The molecule has 2 rings (SSSR count). The van der Waals surface area contributed by atoms with Crippen molar-refractivity contribution in [2.24, 2.45) is 0 Å². The molecular formula is C13H13NOS. The Bertz CT molecular complexity index is 499. The third-order valence-corrected chi connectivity index (χ3v) is 3.59. The highest BCUT2D eigenvalue weighted by molar-refractivity contribution is 7.15. The molecule has 0 N–H and O–H groups in total. The minimum absolute atomic E-state index is 0.555. The lowest BCUT2D eigenvalue weighted by Gasteiger charge is -1.98. The van der Waals surface area contributed by atoms with Gasteiger partial charge in [-0.05, 0) is 18.9 Å². The second-order valence-electron chi connectivity index (χ2n) is 3.63. The maximum absolute atomic E-state index is 10.7. The molecule has 1 aromatic heterocycles. The third kappa shape index (κ3) is 2.04. The van der Waals surface area contributed by atoms with E-state index in [9.17, 15) is 4.79 Å². The molecule has 2 aromatic rings. The molecular weight excluding hydrogens is 218 g/mol. The fourth-order valence-corrected chi connectivity index (χ4v) is 2.41. The molecule has 0 fully saturated rings. The number of nitrogens with zero attached hydrogens (tertiary/aromatic N) is 1. The van der Waals surface area contributed by atoms with Gasteiger partial charge in [-0.1, -0.05) is 31.2 Å². The van der Waals surface area contributed by atoms with Crippen molar-refractivity contribution in [1.82, 2.24) is 4.98 Å². The van der Waals surface area contributed by atoms with Crippen molar-refractivity contribution >= 4 is 17.6 Å². The molecule has 82 valence electrons. The van der Waals surface area contributed by atoms with Gasteiger partial charge in [-0.15, -0.1) is 11.3 Å². The predicted molar refractivity (Wildman–Crippen MR) is 67.1 cm³/mol. The lowest BCUT2D eigenvalue weighted by atomic mass is 10.1. The Hall–Kier alpha value is -1.48. The van der Waals surface area contributed by atoms with Crippen LogP contribution in [-0.2, 0) is 6.42 Å². The lowest BCUT2D eigenvalue weighted by Crippen LogP contribution is -1.83. The van der Waals surface area contributed by atoms with E-state index in [1.807, 2.05) is 6.92 Å². The molecule has 0 atom stereocenters. The Balaban J connectivity index is 2.38. The van der Waals surface area contributed by atoms with Crippen LogP contribution in [0, 0.1) is 6.92 Å². The number of carbonyl (C=O) groups is 1. The summed E-state index contributed by atoms with van der Waals surface area (Å²) >= 11 is 1.56. The number of hydrogen-bond acceptors (Lipinski definition) is 3. The van der Waals surface area contributed by atoms with Crippen LogP contribution in [0.25, 0.3) is 10.6 Å². The number of aldehydes is 1. The zero-order valence-corrected chi connectivity index (χ0v) is 10.2. The van der Waals surface area contributed by atoms with Gasteiger partial charge in [0.2, 0.25) is 0 Å². The highest BCUT2D eigenvalue weighted by Gasteiger charge is 2.08. The molecule has 0 unspecified atom stereocenters. The predicted octanol–water partition coefficient (Wildman–Crippen LogP) is 3.49. The van der Waals surface area contributed by atoms with Gasteiger partial charge in [0.15, 0.2) is 6.29 Å². The van der Waals surface area contributed by atoms with Crippen LogP contribution >= 0.6 is 11.3 Å². The molecule has 16 heavy (non-hydrogen) atoms. The minimum Gasteiger partial charge on any atom is -0.296 e. The first-order valence-corrected chi connectivity index (χ1v) is 6.08. The van der Waals surface area contributed by atoms with Crippen LogP contribution in [0.15, 0.2) is 24.3 Å². The fraction of sp³-hybridized carbons (Fsp3) is 0.231. The zero-order chi connectivity index (χ0) is 11.5. The molecule has 0 saturated heterocycles. The van der Waals surface area contributed by atoms with E-state index < -0.39 is 0 Å². The van der Waals surface area contributed by atoms with Gasteiger partial charge in [0, 0.05) is 10.4 Å². The van der Waals surface area contributed by atoms with Crippen LogP contribution in [0.3, 0.4) is 0 Å². The van der Waals surface area contributed by atoms with Gasteiger partial charge in [-0.3, -0.25) is 4.79 Å². The van der Waals surface area contributed by atoms with Crippen LogP contribution in [0.1, 0.15) is 27.9 Å². The van der Waals surface area contributed by atoms with Gasteiger partial charge in [0.1, 0.15) is 10.7 Å². The summed E-state index contributed by atoms with van der Waals surface area (Å²) in [6.07, 6.45) is 1.85. The van der Waals surface area contributed by atoms with Gasteiger partial charge >= 0.3 is 0 Å². The Labute approximate surface area is 99.0 Å². The van der Waals surface area contributed by atoms with Crippen molar-refractivity contribution in [1.29, 1.82) is 0 Å². The van der Waals surface area contributed by atoms with Gasteiger partial charge in [0.05, 0.1) is 0 Å². The van der Waals surface area contributed by atoms with Crippen molar-refractivity contribution in [3.63, 3.8) is 0 Å². The molecule has 0 spiro atoms. The van der Waals surface area contributed by atoms with Crippen molar-refractivity contribution < 1.29 is 4.79 Å². The summed E-state index contributed by atoms with van der Waals surface area (Å²) in [5, 5.41) is 0.919. The van der Waals surface area contributed by atoms with Crippen molar-refractivity contribution in [2.45, 2.75) is 20.3 Å². The van der Waals surface area contributed by atoms with Crippen LogP contribution in [-0.4, -0.2) is 11.3 Å². The van der Waals surface area contributed by atoms with E-state index in [-0.39, 0.29) is 0 Å². The summed E-state index contributed by atoms with van der Waals surface area (Å²) in [6.45, 7) is 4.05. The molecule has 0 amide bonds. The van der Waals surface area contributed by atoms with Crippen molar-refractivity contribution in [3.05, 3.63) is 40.4 Å². The average Bonchev–Trinajstić information content (AvgIpc) is 2.71. The molecule has 0 radical (unpaired) electrons. The molecule has 0 bridgehead atoms. The number of hydrogen-bond donors (Lipinski definition) is 0. The highest BCUT2D eigenvalue weighted by Crippen LogP contribution is 2.27. The van der Waals surface area contributed by atoms with E-state index >= 15 is 0 Å². The average molecular weight is 231 g/mol. The Morgan fingerprint density at radius 1 is 1.31 bits per heavy atom. The van der Waals surface area contributed by atoms with Gasteiger partial charge in [0.25, 0.3) is 0 Å². The van der Waals surface area contributed by atoms with E-state index in [1.165, 1.54) is 5.56 Å². The summed E-state index contributed by atoms with van der Waals surface area (Å²) in [5.74, 6) is 0. The van der Waals surface area contributed by atoms with E-state index in [4.69, 9.17) is 0 Å². The summed E-state index contributed by atoms with van der Waals surface area (Å²) < 4.78 is 0. The van der Waals surface area contributed by atoms with Crippen molar-refractivity contribution in [2.75, 3.05) is 0 Å². The number of benzene rings is 1. The van der Waals surface area contributed by atoms with E-state index in [0.717, 1.165) is 28.2 Å². The van der Waals surface area contributed by atoms with E-state index in [2.05, 4.69) is 36.2 Å². The lowest BCUT2D eigenvalue weighted by molar-refractivity contribution is 0.111. The van der Waals surface area contributed by atoms with Crippen LogP contribution < -0.4 is 0 Å². The zero-order valence-electron chi connectivity index (χ0n) is 9.36. The largest absolute Gasteiger partial charge is 0.296 e. The Morgan fingerprint density at radius 2 is 2.00 bits per heavy atom. The van der Waals surface area contributed by atoms with Crippen LogP contribution in [0.4, 0.5) is 0 Å². The molecule has 2 nitrogen and oxygen atoms in total. The SMILES string of the molecule is CCc1ccc(-c2nc(C=O)c(C)s2)cc1. The third-order valence-electron chi connectivity index (χ3n) is 2.55. The van der Waals surface area contributed by atoms with Crippen molar-refractivity contribution in [3.8, 4) is 10.6 Å². The number of carbonyl (C=O) groups excluding carboxylic acids is 1. The van der Waals surface area contributed by atoms with Gasteiger partial charge < -0.3 is 0 Å². The highest BCUT2D eigenvalue weighted by atomic mass is 32.1. The Kier molecular flexibility index (Phi) is 3.15. The summed E-state index contributed by atoms with van der Waals surface area (Å²) in [6, 6.07) is 8.33. The Morgan fingerprint density at radius 3 is 2.50 bits per heavy atom. The van der Waals surface area contributed by atoms with Crippen LogP contribution in [0.2, 0.25) is 0 Å². The number of aryl methyl sites for hydroxylation is 2. The first-order valence-electron chi connectivity index (χ1n) is 5.26.